The molecule has 2 aromatic rings. The van der Waals surface area contributed by atoms with E-state index < -0.39 is 0 Å². The van der Waals surface area contributed by atoms with Crippen molar-refractivity contribution in [1.82, 2.24) is 5.32 Å². The Kier molecular flexibility index (Phi) is 5.12. The van der Waals surface area contributed by atoms with Crippen molar-refractivity contribution in [3.05, 3.63) is 65.7 Å². The van der Waals surface area contributed by atoms with Gasteiger partial charge in [-0.05, 0) is 22.6 Å². The highest BCUT2D eigenvalue weighted by Crippen LogP contribution is 2.35. The second kappa shape index (κ2) is 7.32. The molecule has 1 fully saturated rings. The number of rotatable bonds is 4. The fourth-order valence-corrected chi connectivity index (χ4v) is 3.39. The predicted octanol–water partition coefficient (Wildman–Crippen LogP) is 3.65. The zero-order valence-corrected chi connectivity index (χ0v) is 15.7. The molecule has 0 saturated carbocycles. The molecule has 3 rings (SSSR count). The van der Waals surface area contributed by atoms with Crippen molar-refractivity contribution in [2.24, 2.45) is 5.92 Å². The van der Waals surface area contributed by atoms with Crippen LogP contribution in [-0.4, -0.2) is 18.4 Å². The number of carbonyl (C=O) groups excluding carboxylic acids is 2. The third kappa shape index (κ3) is 3.96. The van der Waals surface area contributed by atoms with Gasteiger partial charge >= 0.3 is 0 Å². The van der Waals surface area contributed by atoms with E-state index in [0.717, 1.165) is 16.8 Å². The minimum atomic E-state index is -0.306. The Balaban J connectivity index is 1.70. The first-order valence-electron chi connectivity index (χ1n) is 9.08. The Morgan fingerprint density at radius 3 is 2.42 bits per heavy atom. The van der Waals surface area contributed by atoms with E-state index in [1.165, 1.54) is 0 Å². The molecule has 0 radical (unpaired) electrons. The van der Waals surface area contributed by atoms with E-state index in [1.54, 1.807) is 4.90 Å². The van der Waals surface area contributed by atoms with Gasteiger partial charge in [0.15, 0.2) is 0 Å². The van der Waals surface area contributed by atoms with Gasteiger partial charge in [-0.3, -0.25) is 9.59 Å². The van der Waals surface area contributed by atoms with Gasteiger partial charge in [-0.15, -0.1) is 0 Å². The van der Waals surface area contributed by atoms with E-state index in [4.69, 9.17) is 0 Å². The average Bonchev–Trinajstić information content (AvgIpc) is 3.01. The number of hydrogen-bond acceptors (Lipinski definition) is 2. The molecule has 1 unspecified atom stereocenters. The van der Waals surface area contributed by atoms with Crippen LogP contribution in [0.4, 0.5) is 5.69 Å². The maximum Gasteiger partial charge on any atom is 0.227 e. The number of para-hydroxylation sites is 1. The SMILES string of the molecule is CC(C)(C)c1ccccc1N1CC(C(=O)NCc2ccccc2)CC1=O. The molecule has 4 nitrogen and oxygen atoms in total. The molecule has 1 aliphatic rings. The zero-order chi connectivity index (χ0) is 18.7. The fourth-order valence-electron chi connectivity index (χ4n) is 3.39. The topological polar surface area (TPSA) is 49.4 Å². The van der Waals surface area contributed by atoms with Gasteiger partial charge in [0, 0.05) is 25.2 Å². The summed E-state index contributed by atoms with van der Waals surface area (Å²) in [5, 5.41) is 2.96. The van der Waals surface area contributed by atoms with Gasteiger partial charge < -0.3 is 10.2 Å². The lowest BCUT2D eigenvalue weighted by atomic mass is 9.85. The lowest BCUT2D eigenvalue weighted by Gasteiger charge is -2.27. The summed E-state index contributed by atoms with van der Waals surface area (Å²) < 4.78 is 0. The lowest BCUT2D eigenvalue weighted by molar-refractivity contribution is -0.126. The monoisotopic (exact) mass is 350 g/mol. The summed E-state index contributed by atoms with van der Waals surface area (Å²) in [5.74, 6) is -0.348. The van der Waals surface area contributed by atoms with E-state index in [0.29, 0.717) is 13.1 Å². The number of amides is 2. The Morgan fingerprint density at radius 2 is 1.73 bits per heavy atom. The van der Waals surface area contributed by atoms with E-state index in [2.05, 4.69) is 32.2 Å². The summed E-state index contributed by atoms with van der Waals surface area (Å²) in [6.45, 7) is 7.33. The van der Waals surface area contributed by atoms with Gasteiger partial charge in [0.2, 0.25) is 11.8 Å². The van der Waals surface area contributed by atoms with E-state index in [1.807, 2.05) is 48.5 Å². The summed E-state index contributed by atoms with van der Waals surface area (Å²) in [4.78, 5) is 26.9. The highest BCUT2D eigenvalue weighted by atomic mass is 16.2. The molecule has 4 heteroatoms. The van der Waals surface area contributed by atoms with Crippen LogP contribution >= 0.6 is 0 Å². The van der Waals surface area contributed by atoms with E-state index in [-0.39, 0.29) is 29.6 Å². The summed E-state index contributed by atoms with van der Waals surface area (Å²) in [6.07, 6.45) is 0.263. The second-order valence-corrected chi connectivity index (χ2v) is 7.88. The van der Waals surface area contributed by atoms with Crippen LogP contribution in [0.1, 0.15) is 38.3 Å². The highest BCUT2D eigenvalue weighted by molar-refractivity contribution is 6.01. The molecule has 0 aliphatic carbocycles. The van der Waals surface area contributed by atoms with Crippen molar-refractivity contribution in [2.45, 2.75) is 39.2 Å². The van der Waals surface area contributed by atoms with Crippen molar-refractivity contribution in [1.29, 1.82) is 0 Å². The molecule has 26 heavy (non-hydrogen) atoms. The molecule has 1 N–H and O–H groups in total. The van der Waals surface area contributed by atoms with Gasteiger partial charge in [-0.1, -0.05) is 69.3 Å². The van der Waals surface area contributed by atoms with Crippen LogP contribution in [0.25, 0.3) is 0 Å². The van der Waals surface area contributed by atoms with Crippen LogP contribution in [-0.2, 0) is 21.5 Å². The van der Waals surface area contributed by atoms with Crippen molar-refractivity contribution in [2.75, 3.05) is 11.4 Å². The van der Waals surface area contributed by atoms with Gasteiger partial charge in [-0.25, -0.2) is 0 Å². The van der Waals surface area contributed by atoms with Crippen LogP contribution in [0.5, 0.6) is 0 Å². The number of nitrogens with one attached hydrogen (secondary N) is 1. The van der Waals surface area contributed by atoms with Gasteiger partial charge in [0.1, 0.15) is 0 Å². The van der Waals surface area contributed by atoms with Crippen molar-refractivity contribution in [3.8, 4) is 0 Å². The third-order valence-corrected chi connectivity index (χ3v) is 4.81. The molecule has 0 aromatic heterocycles. The van der Waals surface area contributed by atoms with Gasteiger partial charge in [0.05, 0.1) is 5.92 Å². The normalized spacial score (nSPS) is 17.4. The minimum absolute atomic E-state index is 0.0153. The van der Waals surface area contributed by atoms with Crippen LogP contribution in [0.2, 0.25) is 0 Å². The Bertz CT molecular complexity index is 793. The third-order valence-electron chi connectivity index (χ3n) is 4.81. The molecule has 2 amide bonds. The summed E-state index contributed by atoms with van der Waals surface area (Å²) in [7, 11) is 0. The average molecular weight is 350 g/mol. The Hall–Kier alpha value is -2.62. The molecule has 0 spiro atoms. The quantitative estimate of drug-likeness (QED) is 0.915. The molecular formula is C22H26N2O2. The van der Waals surface area contributed by atoms with Crippen molar-refractivity contribution in [3.63, 3.8) is 0 Å². The number of nitrogens with zero attached hydrogens (tertiary/aromatic N) is 1. The van der Waals surface area contributed by atoms with E-state index >= 15 is 0 Å². The number of benzene rings is 2. The maximum atomic E-state index is 12.6. The number of anilines is 1. The zero-order valence-electron chi connectivity index (χ0n) is 15.7. The first-order valence-corrected chi connectivity index (χ1v) is 9.08. The van der Waals surface area contributed by atoms with Crippen LogP contribution in [0.15, 0.2) is 54.6 Å². The van der Waals surface area contributed by atoms with Gasteiger partial charge in [0.25, 0.3) is 0 Å². The lowest BCUT2D eigenvalue weighted by Crippen LogP contribution is -2.33. The molecule has 136 valence electrons. The standard InChI is InChI=1S/C22H26N2O2/c1-22(2,3)18-11-7-8-12-19(18)24-15-17(13-20(24)25)21(26)23-14-16-9-5-4-6-10-16/h4-12,17H,13-15H2,1-3H3,(H,23,26). The first-order chi connectivity index (χ1) is 12.4. The maximum absolute atomic E-state index is 12.6. The molecule has 1 atom stereocenters. The van der Waals surface area contributed by atoms with Crippen molar-refractivity contribution >= 4 is 17.5 Å². The molecular weight excluding hydrogens is 324 g/mol. The minimum Gasteiger partial charge on any atom is -0.352 e. The fraction of sp³-hybridized carbons (Fsp3) is 0.364. The van der Waals surface area contributed by atoms with Gasteiger partial charge in [-0.2, -0.15) is 0 Å². The first kappa shape index (κ1) is 18.2. The summed E-state index contributed by atoms with van der Waals surface area (Å²) in [6, 6.07) is 17.8. The summed E-state index contributed by atoms with van der Waals surface area (Å²) >= 11 is 0. The molecule has 0 bridgehead atoms. The number of carbonyl (C=O) groups is 2. The predicted molar refractivity (Wildman–Crippen MR) is 104 cm³/mol. The van der Waals surface area contributed by atoms with Crippen LogP contribution in [0, 0.1) is 5.92 Å². The number of hydrogen-bond donors (Lipinski definition) is 1. The van der Waals surface area contributed by atoms with Crippen molar-refractivity contribution < 1.29 is 9.59 Å². The smallest absolute Gasteiger partial charge is 0.227 e. The Labute approximate surface area is 155 Å². The molecule has 1 saturated heterocycles. The Morgan fingerprint density at radius 1 is 1.08 bits per heavy atom. The molecule has 1 heterocycles. The van der Waals surface area contributed by atoms with E-state index in [9.17, 15) is 9.59 Å². The highest BCUT2D eigenvalue weighted by Gasteiger charge is 2.36. The molecule has 2 aromatic carbocycles. The van der Waals surface area contributed by atoms with Crippen LogP contribution in [0.3, 0.4) is 0 Å². The largest absolute Gasteiger partial charge is 0.352 e. The molecule has 1 aliphatic heterocycles. The van der Waals surface area contributed by atoms with Crippen LogP contribution < -0.4 is 10.2 Å². The second-order valence-electron chi connectivity index (χ2n) is 7.88. The summed E-state index contributed by atoms with van der Waals surface area (Å²) in [5.41, 5.74) is 3.03.